The molecule has 46 heavy (non-hydrogen) atoms. The van der Waals surface area contributed by atoms with Gasteiger partial charge in [0.25, 0.3) is 5.91 Å². The Bertz CT molecular complexity index is 1400. The van der Waals surface area contributed by atoms with Gasteiger partial charge in [-0.15, -0.1) is 0 Å². The average molecular weight is 630 g/mol. The number of carbonyl (C=O) groups excluding carboxylic acids is 3. The second kappa shape index (κ2) is 17.3. The van der Waals surface area contributed by atoms with Crippen LogP contribution in [0.2, 0.25) is 0 Å². The van der Waals surface area contributed by atoms with Gasteiger partial charge in [-0.1, -0.05) is 54.6 Å². The molecule has 246 valence electrons. The highest BCUT2D eigenvalue weighted by molar-refractivity contribution is 6.06. The van der Waals surface area contributed by atoms with Gasteiger partial charge < -0.3 is 25.0 Å². The van der Waals surface area contributed by atoms with Crippen molar-refractivity contribution < 1.29 is 23.9 Å². The molecule has 3 aromatic carbocycles. The molecule has 0 bridgehead atoms. The molecule has 1 heterocycles. The summed E-state index contributed by atoms with van der Waals surface area (Å²) in [5.74, 6) is -0.316. The van der Waals surface area contributed by atoms with E-state index in [9.17, 15) is 14.4 Å². The lowest BCUT2D eigenvalue weighted by Crippen LogP contribution is -2.42. The molecule has 0 radical (unpaired) electrons. The Balaban J connectivity index is 1.34. The van der Waals surface area contributed by atoms with Crippen LogP contribution in [-0.4, -0.2) is 79.4 Å². The van der Waals surface area contributed by atoms with Crippen LogP contribution in [0, 0.1) is 0 Å². The quantitative estimate of drug-likeness (QED) is 0.196. The highest BCUT2D eigenvalue weighted by Crippen LogP contribution is 2.23. The number of benzene rings is 3. The van der Waals surface area contributed by atoms with E-state index in [1.54, 1.807) is 57.2 Å². The second-order valence-corrected chi connectivity index (χ2v) is 12.4. The first kappa shape index (κ1) is 34.5. The Hall–Kier alpha value is -4.41. The van der Waals surface area contributed by atoms with Gasteiger partial charge in [-0.3, -0.25) is 15.0 Å². The SMILES string of the molecule is CC(C)(C)OC(=O)Nc1ccccc1NC(=O)c1ccc(CN(CCCN2CCOCC2)C(=O)NCCCc2ccccc2)cc1. The van der Waals surface area contributed by atoms with E-state index >= 15 is 0 Å². The molecule has 0 spiro atoms. The molecule has 10 nitrogen and oxygen atoms in total. The van der Waals surface area contributed by atoms with Gasteiger partial charge in [-0.05, 0) is 75.4 Å². The molecular weight excluding hydrogens is 582 g/mol. The van der Waals surface area contributed by atoms with Gasteiger partial charge >= 0.3 is 12.1 Å². The van der Waals surface area contributed by atoms with E-state index in [0.717, 1.165) is 57.7 Å². The van der Waals surface area contributed by atoms with Gasteiger partial charge in [-0.2, -0.15) is 0 Å². The van der Waals surface area contributed by atoms with E-state index in [1.165, 1.54) is 5.56 Å². The number of nitrogens with zero attached hydrogens (tertiary/aromatic N) is 2. The average Bonchev–Trinajstić information content (AvgIpc) is 3.04. The van der Waals surface area contributed by atoms with Crippen molar-refractivity contribution in [1.29, 1.82) is 0 Å². The zero-order valence-electron chi connectivity index (χ0n) is 27.2. The van der Waals surface area contributed by atoms with Crippen molar-refractivity contribution in [3.05, 3.63) is 95.6 Å². The molecule has 0 aliphatic carbocycles. The van der Waals surface area contributed by atoms with E-state index in [0.29, 0.717) is 36.6 Å². The lowest BCUT2D eigenvalue weighted by Gasteiger charge is -2.28. The zero-order valence-corrected chi connectivity index (χ0v) is 27.2. The topological polar surface area (TPSA) is 112 Å². The number of hydrogen-bond acceptors (Lipinski definition) is 6. The van der Waals surface area contributed by atoms with Gasteiger partial charge in [0.2, 0.25) is 0 Å². The molecule has 1 aliphatic heterocycles. The summed E-state index contributed by atoms with van der Waals surface area (Å²) in [5, 5.41) is 8.68. The Morgan fingerprint density at radius 2 is 1.48 bits per heavy atom. The van der Waals surface area contributed by atoms with Gasteiger partial charge in [0.1, 0.15) is 5.60 Å². The molecule has 0 saturated carbocycles. The number of anilines is 2. The predicted octanol–water partition coefficient (Wildman–Crippen LogP) is 6.15. The lowest BCUT2D eigenvalue weighted by molar-refractivity contribution is 0.0364. The molecular formula is C36H47N5O5. The summed E-state index contributed by atoms with van der Waals surface area (Å²) >= 11 is 0. The normalized spacial score (nSPS) is 13.5. The third-order valence-electron chi connectivity index (χ3n) is 7.46. The fourth-order valence-corrected chi connectivity index (χ4v) is 5.10. The number of carbonyl (C=O) groups is 3. The van der Waals surface area contributed by atoms with E-state index in [-0.39, 0.29) is 11.9 Å². The number of morpholine rings is 1. The number of aryl methyl sites for hydroxylation is 1. The molecule has 4 rings (SSSR count). The minimum atomic E-state index is -0.647. The Morgan fingerprint density at radius 3 is 2.15 bits per heavy atom. The summed E-state index contributed by atoms with van der Waals surface area (Å²) in [5.41, 5.74) is 2.88. The minimum Gasteiger partial charge on any atom is -0.444 e. The summed E-state index contributed by atoms with van der Waals surface area (Å²) in [6.45, 7) is 11.2. The van der Waals surface area contributed by atoms with E-state index < -0.39 is 11.7 Å². The van der Waals surface area contributed by atoms with Crippen LogP contribution < -0.4 is 16.0 Å². The first-order chi connectivity index (χ1) is 22.2. The van der Waals surface area contributed by atoms with E-state index in [4.69, 9.17) is 9.47 Å². The highest BCUT2D eigenvalue weighted by atomic mass is 16.6. The van der Waals surface area contributed by atoms with Gasteiger partial charge in [-0.25, -0.2) is 9.59 Å². The summed E-state index contributed by atoms with van der Waals surface area (Å²) < 4.78 is 10.8. The van der Waals surface area contributed by atoms with Crippen molar-refractivity contribution in [2.24, 2.45) is 0 Å². The molecule has 0 aromatic heterocycles. The number of hydrogen-bond donors (Lipinski definition) is 3. The Labute approximate surface area is 272 Å². The van der Waals surface area contributed by atoms with Gasteiger partial charge in [0.05, 0.1) is 24.6 Å². The molecule has 4 amide bonds. The highest BCUT2D eigenvalue weighted by Gasteiger charge is 2.19. The summed E-state index contributed by atoms with van der Waals surface area (Å²) in [4.78, 5) is 42.9. The molecule has 0 unspecified atom stereocenters. The van der Waals surface area contributed by atoms with Crippen molar-refractivity contribution in [3.63, 3.8) is 0 Å². The molecule has 10 heteroatoms. The van der Waals surface area contributed by atoms with Crippen LogP contribution in [0.5, 0.6) is 0 Å². The molecule has 1 aliphatic rings. The molecule has 0 atom stereocenters. The first-order valence-electron chi connectivity index (χ1n) is 16.0. The van der Waals surface area contributed by atoms with E-state index in [1.807, 2.05) is 35.2 Å². The zero-order chi connectivity index (χ0) is 32.8. The third kappa shape index (κ3) is 11.8. The third-order valence-corrected chi connectivity index (χ3v) is 7.46. The largest absolute Gasteiger partial charge is 0.444 e. The first-order valence-corrected chi connectivity index (χ1v) is 16.0. The van der Waals surface area contributed by atoms with Gasteiger partial charge in [0.15, 0.2) is 0 Å². The molecule has 1 fully saturated rings. The van der Waals surface area contributed by atoms with E-state index in [2.05, 4.69) is 33.0 Å². The summed E-state index contributed by atoms with van der Waals surface area (Å²) in [7, 11) is 0. The maximum atomic E-state index is 13.3. The number of nitrogens with one attached hydrogen (secondary N) is 3. The maximum absolute atomic E-state index is 13.3. The van der Waals surface area contributed by atoms with Crippen LogP contribution in [0.1, 0.15) is 55.1 Å². The maximum Gasteiger partial charge on any atom is 0.412 e. The Kier molecular flexibility index (Phi) is 13.0. The minimum absolute atomic E-state index is 0.0917. The standard InChI is InChI=1S/C36H47N5O5/c1-36(2,3)46-35(44)39-32-15-8-7-14-31(32)38-33(42)30-18-16-29(17-19-30)27-41(22-10-21-40-23-25-45-26-24-40)34(43)37-20-9-13-28-11-5-4-6-12-28/h4-8,11-12,14-19H,9-10,13,20-27H2,1-3H3,(H,37,43)(H,38,42)(H,39,44). The van der Waals surface area contributed by atoms with Crippen molar-refractivity contribution in [2.75, 3.05) is 56.6 Å². The number of ether oxygens (including phenoxy) is 2. The van der Waals surface area contributed by atoms with Crippen molar-refractivity contribution in [1.82, 2.24) is 15.1 Å². The second-order valence-electron chi connectivity index (χ2n) is 12.4. The summed E-state index contributed by atoms with van der Waals surface area (Å²) in [6, 6.07) is 24.4. The van der Waals surface area contributed by atoms with Gasteiger partial charge in [0, 0.05) is 44.8 Å². The van der Waals surface area contributed by atoms with Crippen LogP contribution in [0.3, 0.4) is 0 Å². The van der Waals surface area contributed by atoms with Crippen LogP contribution in [0.4, 0.5) is 21.0 Å². The summed E-state index contributed by atoms with van der Waals surface area (Å²) in [6.07, 6.45) is 2.02. The smallest absolute Gasteiger partial charge is 0.412 e. The molecule has 3 N–H and O–H groups in total. The number of urea groups is 1. The van der Waals surface area contributed by atoms with Crippen LogP contribution in [0.15, 0.2) is 78.9 Å². The fourth-order valence-electron chi connectivity index (χ4n) is 5.10. The molecule has 3 aromatic rings. The van der Waals surface area contributed by atoms with Crippen LogP contribution in [0.25, 0.3) is 0 Å². The van der Waals surface area contributed by atoms with Crippen molar-refractivity contribution in [2.45, 2.75) is 52.2 Å². The van der Waals surface area contributed by atoms with Crippen LogP contribution in [-0.2, 0) is 22.4 Å². The number of rotatable bonds is 13. The monoisotopic (exact) mass is 629 g/mol. The number of amides is 4. The predicted molar refractivity (Wildman–Crippen MR) is 181 cm³/mol. The van der Waals surface area contributed by atoms with Crippen molar-refractivity contribution >= 4 is 29.4 Å². The van der Waals surface area contributed by atoms with Crippen molar-refractivity contribution in [3.8, 4) is 0 Å². The lowest BCUT2D eigenvalue weighted by atomic mass is 10.1. The molecule has 1 saturated heterocycles. The Morgan fingerprint density at radius 1 is 0.826 bits per heavy atom. The fraction of sp³-hybridized carbons (Fsp3) is 0.417. The number of para-hydroxylation sites is 2. The van der Waals surface area contributed by atoms with Crippen LogP contribution >= 0.6 is 0 Å².